The second kappa shape index (κ2) is 6.69. The first-order valence-electron chi connectivity index (χ1n) is 10.3. The van der Waals surface area contributed by atoms with Gasteiger partial charge in [-0.15, -0.1) is 0 Å². The molecule has 9 heteroatoms. The number of esters is 1. The number of carboxylic acids is 1. The molecule has 5 atom stereocenters. The molecular formula is C22H25NO8. The van der Waals surface area contributed by atoms with Gasteiger partial charge in [0.15, 0.2) is 23.7 Å². The highest BCUT2D eigenvalue weighted by Gasteiger charge is 2.72. The summed E-state index contributed by atoms with van der Waals surface area (Å²) >= 11 is 0. The van der Waals surface area contributed by atoms with Crippen molar-refractivity contribution in [2.45, 2.75) is 54.9 Å². The zero-order chi connectivity index (χ0) is 22.1. The fourth-order valence-electron chi connectivity index (χ4n) is 6.01. The van der Waals surface area contributed by atoms with Gasteiger partial charge < -0.3 is 34.4 Å². The Kier molecular flexibility index (Phi) is 4.38. The van der Waals surface area contributed by atoms with E-state index in [4.69, 9.17) is 19.3 Å². The van der Waals surface area contributed by atoms with E-state index in [1.807, 2.05) is 19.2 Å². The van der Waals surface area contributed by atoms with Crippen molar-refractivity contribution < 1.29 is 39.1 Å². The van der Waals surface area contributed by atoms with Crippen LogP contribution in [0.25, 0.3) is 0 Å². The number of likely N-dealkylation sites (N-methyl/N-ethyl adjacent to an activating group) is 1. The molecule has 31 heavy (non-hydrogen) atoms. The van der Waals surface area contributed by atoms with Crippen molar-refractivity contribution in [1.82, 2.24) is 4.90 Å². The smallest absolute Gasteiger partial charge is 0.333 e. The fourth-order valence-corrected chi connectivity index (χ4v) is 6.01. The van der Waals surface area contributed by atoms with E-state index in [0.29, 0.717) is 24.3 Å². The molecule has 1 spiro atoms. The number of benzene rings is 1. The minimum absolute atomic E-state index is 0.124. The molecule has 2 aliphatic heterocycles. The van der Waals surface area contributed by atoms with Crippen LogP contribution in [0, 0.1) is 0 Å². The summed E-state index contributed by atoms with van der Waals surface area (Å²) in [5.74, 6) is -1.02. The van der Waals surface area contributed by atoms with Crippen LogP contribution >= 0.6 is 0 Å². The Bertz CT molecular complexity index is 1010. The van der Waals surface area contributed by atoms with E-state index in [-0.39, 0.29) is 18.2 Å². The van der Waals surface area contributed by atoms with E-state index in [2.05, 4.69) is 4.90 Å². The maximum Gasteiger partial charge on any atom is 0.333 e. The summed E-state index contributed by atoms with van der Waals surface area (Å²) in [4.78, 5) is 25.4. The number of ether oxygens (including phenoxy) is 3. The number of rotatable bonds is 5. The van der Waals surface area contributed by atoms with Crippen molar-refractivity contribution in [3.63, 3.8) is 0 Å². The van der Waals surface area contributed by atoms with Crippen LogP contribution in [0.3, 0.4) is 0 Å². The lowest BCUT2D eigenvalue weighted by atomic mass is 9.50. The minimum atomic E-state index is -1.84. The van der Waals surface area contributed by atoms with Gasteiger partial charge in [0.05, 0.1) is 24.5 Å². The van der Waals surface area contributed by atoms with Crippen LogP contribution in [0.5, 0.6) is 11.5 Å². The average Bonchev–Trinajstić information content (AvgIpc) is 3.08. The molecule has 0 radical (unpaired) electrons. The molecule has 2 bridgehead atoms. The SMILES string of the molecule is COc1ccc2c3c1O[C@@H]1C(OC(=O)C[C@H](O)C(=O)O)=CC[C@@]4(O)[C@@H](C2)N(C)CCC314. The molecule has 4 aliphatic rings. The first-order chi connectivity index (χ1) is 14.7. The minimum Gasteiger partial charge on any atom is -0.493 e. The number of carbonyl (C=O) groups excluding carboxylic acids is 1. The van der Waals surface area contributed by atoms with Crippen LogP contribution in [0.4, 0.5) is 0 Å². The molecule has 1 unspecified atom stereocenters. The lowest BCUT2D eigenvalue weighted by Gasteiger charge is -2.61. The van der Waals surface area contributed by atoms with E-state index in [0.717, 1.165) is 17.7 Å². The summed E-state index contributed by atoms with van der Waals surface area (Å²) < 4.78 is 17.4. The molecule has 1 aromatic rings. The van der Waals surface area contributed by atoms with Crippen molar-refractivity contribution in [1.29, 1.82) is 0 Å². The number of carbonyl (C=O) groups is 2. The number of aliphatic hydroxyl groups is 2. The quantitative estimate of drug-likeness (QED) is 0.566. The molecule has 1 fully saturated rings. The molecule has 0 aromatic heterocycles. The molecule has 0 saturated carbocycles. The summed E-state index contributed by atoms with van der Waals surface area (Å²) in [7, 11) is 3.56. The van der Waals surface area contributed by atoms with Crippen molar-refractivity contribution in [3.05, 3.63) is 35.1 Å². The molecule has 1 saturated heterocycles. The zero-order valence-corrected chi connectivity index (χ0v) is 17.3. The standard InChI is InChI=1S/C22H25NO8/c1-23-8-7-21-17-11-3-4-13(29-2)18(17)31-19(21)14(5-6-22(21,28)15(23)9-11)30-16(25)10-12(24)20(26)27/h3-5,12,15,19,24,28H,6-10H2,1-2H3,(H,26,27)/t12-,15+,19+,21?,22+/m0/s1. The fraction of sp³-hybridized carbons (Fsp3) is 0.545. The van der Waals surface area contributed by atoms with Gasteiger partial charge >= 0.3 is 11.9 Å². The van der Waals surface area contributed by atoms with Gasteiger partial charge in [0.25, 0.3) is 0 Å². The van der Waals surface area contributed by atoms with Crippen LogP contribution in [0.1, 0.15) is 30.4 Å². The van der Waals surface area contributed by atoms with E-state index in [9.17, 15) is 19.8 Å². The topological polar surface area (TPSA) is 126 Å². The number of piperidine rings is 1. The molecule has 2 aliphatic carbocycles. The number of aliphatic hydroxyl groups excluding tert-OH is 1. The first-order valence-corrected chi connectivity index (χ1v) is 10.3. The summed E-state index contributed by atoms with van der Waals surface area (Å²) in [6, 6.07) is 3.73. The Morgan fingerprint density at radius 2 is 2.16 bits per heavy atom. The molecular weight excluding hydrogens is 406 g/mol. The van der Waals surface area contributed by atoms with Crippen LogP contribution in [0.2, 0.25) is 0 Å². The number of carboxylic acid groups (broad SMARTS) is 1. The lowest BCUT2D eigenvalue weighted by molar-refractivity contribution is -0.170. The summed E-state index contributed by atoms with van der Waals surface area (Å²) in [6.45, 7) is 0.738. The molecule has 1 aromatic carbocycles. The van der Waals surface area contributed by atoms with E-state index in [1.54, 1.807) is 13.2 Å². The average molecular weight is 431 g/mol. The third kappa shape index (κ3) is 2.54. The highest BCUT2D eigenvalue weighted by atomic mass is 16.6. The molecule has 5 rings (SSSR count). The van der Waals surface area contributed by atoms with Gasteiger partial charge in [-0.25, -0.2) is 4.79 Å². The van der Waals surface area contributed by atoms with Crippen LogP contribution in [-0.4, -0.2) is 76.7 Å². The predicted molar refractivity (Wildman–Crippen MR) is 106 cm³/mol. The second-order valence-corrected chi connectivity index (χ2v) is 8.82. The van der Waals surface area contributed by atoms with Crippen LogP contribution < -0.4 is 9.47 Å². The van der Waals surface area contributed by atoms with Gasteiger partial charge in [0, 0.05) is 18.0 Å². The van der Waals surface area contributed by atoms with Crippen molar-refractivity contribution in [3.8, 4) is 11.5 Å². The number of hydrogen-bond acceptors (Lipinski definition) is 8. The third-order valence-corrected chi connectivity index (χ3v) is 7.43. The van der Waals surface area contributed by atoms with Gasteiger partial charge in [0.1, 0.15) is 5.76 Å². The van der Waals surface area contributed by atoms with Gasteiger partial charge in [0.2, 0.25) is 0 Å². The molecule has 9 nitrogen and oxygen atoms in total. The largest absolute Gasteiger partial charge is 0.493 e. The number of aliphatic carboxylic acids is 1. The molecule has 2 heterocycles. The maximum absolute atomic E-state index is 12.3. The van der Waals surface area contributed by atoms with Gasteiger partial charge in [-0.05, 0) is 44.1 Å². The number of likely N-dealkylation sites (tertiary alicyclic amines) is 1. The summed E-state index contributed by atoms with van der Waals surface area (Å²) in [6.07, 6.45) is -0.0812. The summed E-state index contributed by atoms with van der Waals surface area (Å²) in [5.41, 5.74) is 0.0627. The van der Waals surface area contributed by atoms with Gasteiger partial charge in [-0.1, -0.05) is 6.07 Å². The Balaban J connectivity index is 1.59. The van der Waals surface area contributed by atoms with Gasteiger partial charge in [-0.3, -0.25) is 4.79 Å². The maximum atomic E-state index is 12.3. The molecule has 166 valence electrons. The lowest BCUT2D eigenvalue weighted by Crippen LogP contribution is -2.74. The Morgan fingerprint density at radius 3 is 2.87 bits per heavy atom. The molecule has 3 N–H and O–H groups in total. The van der Waals surface area contributed by atoms with E-state index >= 15 is 0 Å². The zero-order valence-electron chi connectivity index (χ0n) is 17.3. The van der Waals surface area contributed by atoms with E-state index in [1.165, 1.54) is 0 Å². The van der Waals surface area contributed by atoms with Crippen molar-refractivity contribution >= 4 is 11.9 Å². The highest BCUT2D eigenvalue weighted by molar-refractivity contribution is 5.81. The first kappa shape index (κ1) is 20.3. The van der Waals surface area contributed by atoms with Gasteiger partial charge in [-0.2, -0.15) is 0 Å². The second-order valence-electron chi connectivity index (χ2n) is 8.82. The van der Waals surface area contributed by atoms with Crippen LogP contribution in [0.15, 0.2) is 24.0 Å². The van der Waals surface area contributed by atoms with Crippen molar-refractivity contribution in [2.75, 3.05) is 20.7 Å². The highest BCUT2D eigenvalue weighted by Crippen LogP contribution is 2.65. The Morgan fingerprint density at radius 1 is 1.39 bits per heavy atom. The predicted octanol–water partition coefficient (Wildman–Crippen LogP) is 0.352. The Hall–Kier alpha value is -2.62. The number of hydrogen-bond donors (Lipinski definition) is 3. The van der Waals surface area contributed by atoms with Crippen LogP contribution in [-0.2, 0) is 26.2 Å². The number of nitrogens with zero attached hydrogens (tertiary/aromatic N) is 1. The normalized spacial score (nSPS) is 33.6. The third-order valence-electron chi connectivity index (χ3n) is 7.43. The van der Waals surface area contributed by atoms with Crippen molar-refractivity contribution in [2.24, 2.45) is 0 Å². The molecule has 0 amide bonds. The summed E-state index contributed by atoms with van der Waals surface area (Å²) in [5, 5.41) is 30.4. The van der Waals surface area contributed by atoms with E-state index < -0.39 is 41.6 Å². The Labute approximate surface area is 178 Å². The monoisotopic (exact) mass is 431 g/mol. The number of methoxy groups -OCH3 is 1.